The van der Waals surface area contributed by atoms with Gasteiger partial charge in [-0.25, -0.2) is 4.79 Å². The summed E-state index contributed by atoms with van der Waals surface area (Å²) in [7, 11) is 0. The summed E-state index contributed by atoms with van der Waals surface area (Å²) in [6, 6.07) is 0.0871. The molecule has 1 rings (SSSR count). The molecule has 0 aromatic heterocycles. The number of hydrogen-bond acceptors (Lipinski definition) is 1. The minimum Gasteiger partial charge on any atom is -0.333 e. The van der Waals surface area contributed by atoms with Gasteiger partial charge >= 0.3 is 6.03 Å². The van der Waals surface area contributed by atoms with Crippen LogP contribution in [0.2, 0.25) is 0 Å². The molecule has 3 nitrogen and oxygen atoms in total. The number of carbonyl (C=O) groups excluding carboxylic acids is 1. The van der Waals surface area contributed by atoms with E-state index in [-0.39, 0.29) is 11.6 Å². The first kappa shape index (κ1) is 11.3. The normalized spacial score (nSPS) is 23.4. The predicted molar refractivity (Wildman–Crippen MR) is 58.3 cm³/mol. The lowest BCUT2D eigenvalue weighted by Crippen LogP contribution is -2.51. The maximum absolute atomic E-state index is 11.8. The van der Waals surface area contributed by atoms with E-state index < -0.39 is 0 Å². The number of urea groups is 1. The fourth-order valence-corrected chi connectivity index (χ4v) is 1.77. The molecule has 2 amide bonds. The Morgan fingerprint density at radius 3 is 2.57 bits per heavy atom. The van der Waals surface area contributed by atoms with E-state index in [1.165, 1.54) is 6.42 Å². The summed E-state index contributed by atoms with van der Waals surface area (Å²) >= 11 is 0. The molecule has 0 aromatic rings. The summed E-state index contributed by atoms with van der Waals surface area (Å²) in [5, 5.41) is 3.00. The van der Waals surface area contributed by atoms with Crippen LogP contribution in [-0.4, -0.2) is 29.6 Å². The van der Waals surface area contributed by atoms with Gasteiger partial charge in [0.2, 0.25) is 0 Å². The molecule has 1 aliphatic heterocycles. The van der Waals surface area contributed by atoms with E-state index in [1.807, 2.05) is 25.7 Å². The number of piperidine rings is 1. The van der Waals surface area contributed by atoms with E-state index >= 15 is 0 Å². The third-order valence-corrected chi connectivity index (χ3v) is 2.43. The molecule has 0 aromatic carbocycles. The van der Waals surface area contributed by atoms with Crippen LogP contribution in [0.3, 0.4) is 0 Å². The number of likely N-dealkylation sites (tertiary alicyclic amines) is 1. The first-order chi connectivity index (χ1) is 6.38. The van der Waals surface area contributed by atoms with Gasteiger partial charge in [-0.15, -0.1) is 0 Å². The fourth-order valence-electron chi connectivity index (χ4n) is 1.77. The Bertz CT molecular complexity index is 208. The molecule has 1 N–H and O–H groups in total. The topological polar surface area (TPSA) is 32.3 Å². The zero-order chi connectivity index (χ0) is 10.8. The largest absolute Gasteiger partial charge is 0.333 e. The smallest absolute Gasteiger partial charge is 0.317 e. The molecule has 1 heterocycles. The van der Waals surface area contributed by atoms with E-state index in [1.54, 1.807) is 0 Å². The van der Waals surface area contributed by atoms with Crippen LogP contribution in [0.1, 0.15) is 40.5 Å². The van der Waals surface area contributed by atoms with Gasteiger partial charge in [0.25, 0.3) is 0 Å². The Kier molecular flexibility index (Phi) is 3.40. The van der Waals surface area contributed by atoms with Gasteiger partial charge in [-0.05, 0) is 39.5 Å². The van der Waals surface area contributed by atoms with Crippen molar-refractivity contribution < 1.29 is 4.79 Å². The Morgan fingerprint density at radius 2 is 2.07 bits per heavy atom. The van der Waals surface area contributed by atoms with Crippen LogP contribution in [0.25, 0.3) is 0 Å². The molecule has 0 aliphatic carbocycles. The second kappa shape index (κ2) is 4.20. The zero-order valence-electron chi connectivity index (χ0n) is 9.76. The average Bonchev–Trinajstić information content (AvgIpc) is 2.01. The minimum atomic E-state index is -0.127. The van der Waals surface area contributed by atoms with E-state index in [0.29, 0.717) is 5.92 Å². The second-order valence-electron chi connectivity index (χ2n) is 5.37. The van der Waals surface area contributed by atoms with Gasteiger partial charge in [0.15, 0.2) is 0 Å². The summed E-state index contributed by atoms with van der Waals surface area (Å²) < 4.78 is 0. The van der Waals surface area contributed by atoms with Crippen molar-refractivity contribution in [2.75, 3.05) is 13.1 Å². The second-order valence-corrected chi connectivity index (χ2v) is 5.37. The summed E-state index contributed by atoms with van der Waals surface area (Å²) in [5.41, 5.74) is -0.127. The lowest BCUT2D eigenvalue weighted by molar-refractivity contribution is 0.162. The highest BCUT2D eigenvalue weighted by atomic mass is 16.2. The number of amides is 2. The highest BCUT2D eigenvalue weighted by Gasteiger charge is 2.23. The van der Waals surface area contributed by atoms with Gasteiger partial charge in [0.05, 0.1) is 0 Å². The summed E-state index contributed by atoms with van der Waals surface area (Å²) in [4.78, 5) is 13.7. The van der Waals surface area contributed by atoms with Crippen molar-refractivity contribution in [1.82, 2.24) is 10.2 Å². The van der Waals surface area contributed by atoms with Crippen molar-refractivity contribution >= 4 is 6.03 Å². The zero-order valence-corrected chi connectivity index (χ0v) is 9.76. The Hall–Kier alpha value is -0.730. The third-order valence-electron chi connectivity index (χ3n) is 2.43. The number of rotatable bonds is 0. The third kappa shape index (κ3) is 3.56. The van der Waals surface area contributed by atoms with Gasteiger partial charge in [0.1, 0.15) is 0 Å². The maximum atomic E-state index is 11.8. The highest BCUT2D eigenvalue weighted by molar-refractivity contribution is 5.75. The number of nitrogens with zero attached hydrogens (tertiary/aromatic N) is 1. The summed E-state index contributed by atoms with van der Waals surface area (Å²) in [6.45, 7) is 10.1. The Morgan fingerprint density at radius 1 is 1.43 bits per heavy atom. The van der Waals surface area contributed by atoms with Crippen LogP contribution in [0.15, 0.2) is 0 Å². The highest BCUT2D eigenvalue weighted by Crippen LogP contribution is 2.15. The molecular formula is C11H22N2O. The van der Waals surface area contributed by atoms with Crippen molar-refractivity contribution in [3.63, 3.8) is 0 Å². The molecule has 0 bridgehead atoms. The molecule has 0 spiro atoms. The molecule has 1 unspecified atom stereocenters. The molecule has 1 saturated heterocycles. The molecule has 0 saturated carbocycles. The molecule has 14 heavy (non-hydrogen) atoms. The number of nitrogens with one attached hydrogen (secondary N) is 1. The van der Waals surface area contributed by atoms with Gasteiger partial charge in [-0.2, -0.15) is 0 Å². The lowest BCUT2D eigenvalue weighted by atomic mass is 10.0. The van der Waals surface area contributed by atoms with E-state index in [2.05, 4.69) is 12.2 Å². The van der Waals surface area contributed by atoms with Gasteiger partial charge in [-0.1, -0.05) is 6.92 Å². The van der Waals surface area contributed by atoms with E-state index in [9.17, 15) is 4.79 Å². The number of hydrogen-bond donors (Lipinski definition) is 1. The molecule has 1 atom stereocenters. The summed E-state index contributed by atoms with van der Waals surface area (Å²) in [5.74, 6) is 0.648. The Labute approximate surface area is 86.9 Å². The van der Waals surface area contributed by atoms with Gasteiger partial charge in [-0.3, -0.25) is 0 Å². The Balaban J connectivity index is 2.44. The van der Waals surface area contributed by atoms with Crippen molar-refractivity contribution in [2.24, 2.45) is 5.92 Å². The van der Waals surface area contributed by atoms with E-state index in [4.69, 9.17) is 0 Å². The molecule has 1 fully saturated rings. The molecule has 1 aliphatic rings. The minimum absolute atomic E-state index is 0.0871. The average molecular weight is 198 g/mol. The lowest BCUT2D eigenvalue weighted by Gasteiger charge is -2.33. The van der Waals surface area contributed by atoms with Crippen molar-refractivity contribution in [1.29, 1.82) is 0 Å². The summed E-state index contributed by atoms with van der Waals surface area (Å²) in [6.07, 6.45) is 2.39. The van der Waals surface area contributed by atoms with Crippen LogP contribution in [0.4, 0.5) is 4.79 Å². The predicted octanol–water partition coefficient (Wildman–Crippen LogP) is 2.23. The van der Waals surface area contributed by atoms with Crippen molar-refractivity contribution in [3.05, 3.63) is 0 Å². The SMILES string of the molecule is CC1CCCN(C(=O)NC(C)(C)C)C1. The van der Waals surface area contributed by atoms with Crippen LogP contribution in [0.5, 0.6) is 0 Å². The van der Waals surface area contributed by atoms with Crippen LogP contribution in [-0.2, 0) is 0 Å². The van der Waals surface area contributed by atoms with Crippen molar-refractivity contribution in [2.45, 2.75) is 46.1 Å². The number of carbonyl (C=O) groups is 1. The quantitative estimate of drug-likeness (QED) is 0.636. The van der Waals surface area contributed by atoms with Gasteiger partial charge in [0, 0.05) is 18.6 Å². The van der Waals surface area contributed by atoms with Crippen molar-refractivity contribution in [3.8, 4) is 0 Å². The van der Waals surface area contributed by atoms with Crippen LogP contribution in [0, 0.1) is 5.92 Å². The monoisotopic (exact) mass is 198 g/mol. The molecule has 82 valence electrons. The van der Waals surface area contributed by atoms with E-state index in [0.717, 1.165) is 19.5 Å². The fraction of sp³-hybridized carbons (Fsp3) is 0.909. The maximum Gasteiger partial charge on any atom is 0.317 e. The van der Waals surface area contributed by atoms with Gasteiger partial charge < -0.3 is 10.2 Å². The first-order valence-electron chi connectivity index (χ1n) is 5.45. The molecule has 3 heteroatoms. The molecular weight excluding hydrogens is 176 g/mol. The van der Waals surface area contributed by atoms with Crippen LogP contribution >= 0.6 is 0 Å². The first-order valence-corrected chi connectivity index (χ1v) is 5.45. The standard InChI is InChI=1S/C11H22N2O/c1-9-6-5-7-13(8-9)10(14)12-11(2,3)4/h9H,5-8H2,1-4H3,(H,12,14). The molecule has 0 radical (unpaired) electrons. The van der Waals surface area contributed by atoms with Crippen LogP contribution < -0.4 is 5.32 Å².